The maximum absolute atomic E-state index is 14.1. The van der Waals surface area contributed by atoms with E-state index in [1.807, 2.05) is 61.7 Å². The Labute approximate surface area is 206 Å². The minimum Gasteiger partial charge on any atom is -0.493 e. The van der Waals surface area contributed by atoms with Gasteiger partial charge in [-0.25, -0.2) is 0 Å². The quantitative estimate of drug-likeness (QED) is 0.286. The van der Waals surface area contributed by atoms with Gasteiger partial charge in [0, 0.05) is 33.5 Å². The topological polar surface area (TPSA) is 71.3 Å². The molecule has 0 spiro atoms. The summed E-state index contributed by atoms with van der Waals surface area (Å²) < 4.78 is 24.5. The number of nitrogens with zero attached hydrogens (tertiary/aromatic N) is 2. The lowest BCUT2D eigenvalue weighted by molar-refractivity contribution is 0.312. The number of fused-ring (bicyclic) bond motifs is 5. The maximum atomic E-state index is 14.1. The summed E-state index contributed by atoms with van der Waals surface area (Å²) in [6, 6.07) is 17.4. The second-order valence-electron chi connectivity index (χ2n) is 8.40. The van der Waals surface area contributed by atoms with Crippen LogP contribution < -0.4 is 24.5 Å². The Morgan fingerprint density at radius 3 is 2.31 bits per heavy atom. The van der Waals surface area contributed by atoms with Gasteiger partial charge in [-0.1, -0.05) is 30.3 Å². The molecule has 36 heavy (non-hydrogen) atoms. The summed E-state index contributed by atoms with van der Waals surface area (Å²) in [6.07, 6.45) is 1.85. The van der Waals surface area contributed by atoms with Crippen molar-refractivity contribution >= 4 is 38.1 Å². The molecule has 3 aromatic carbocycles. The van der Waals surface area contributed by atoms with Crippen molar-refractivity contribution in [3.8, 4) is 34.1 Å². The highest BCUT2D eigenvalue weighted by molar-refractivity contribution is 6.23. The Balaban J connectivity index is 1.86. The number of hydrogen-bond acceptors (Lipinski definition) is 6. The van der Waals surface area contributed by atoms with Gasteiger partial charge in [-0.15, -0.1) is 0 Å². The third-order valence-corrected chi connectivity index (χ3v) is 6.69. The zero-order chi connectivity index (χ0) is 25.0. The van der Waals surface area contributed by atoms with Crippen molar-refractivity contribution in [3.63, 3.8) is 0 Å². The van der Waals surface area contributed by atoms with Crippen LogP contribution in [0.15, 0.2) is 65.6 Å². The van der Waals surface area contributed by atoms with E-state index in [4.69, 9.17) is 23.9 Å². The van der Waals surface area contributed by atoms with E-state index < -0.39 is 0 Å². The number of aromatic nitrogens is 2. The van der Waals surface area contributed by atoms with Gasteiger partial charge >= 0.3 is 0 Å². The van der Waals surface area contributed by atoms with E-state index in [1.165, 1.54) is 0 Å². The summed E-state index contributed by atoms with van der Waals surface area (Å²) in [5.74, 6) is 2.18. The molecule has 0 radical (unpaired) electrons. The lowest BCUT2D eigenvalue weighted by Gasteiger charge is -2.16. The van der Waals surface area contributed by atoms with Crippen LogP contribution in [0.5, 0.6) is 23.0 Å². The smallest absolute Gasteiger partial charge is 0.267 e. The zero-order valence-electron chi connectivity index (χ0n) is 20.4. The Morgan fingerprint density at radius 2 is 1.56 bits per heavy atom. The molecule has 3 aromatic heterocycles. The number of ether oxygens (including phenoxy) is 4. The van der Waals surface area contributed by atoms with Gasteiger partial charge in [0.1, 0.15) is 0 Å². The van der Waals surface area contributed by atoms with E-state index in [0.717, 1.165) is 32.9 Å². The van der Waals surface area contributed by atoms with E-state index in [9.17, 15) is 4.79 Å². The van der Waals surface area contributed by atoms with E-state index in [-0.39, 0.29) is 5.56 Å². The summed E-state index contributed by atoms with van der Waals surface area (Å²) in [7, 11) is 4.72. The maximum Gasteiger partial charge on any atom is 0.267 e. The molecule has 0 atom stereocenters. The van der Waals surface area contributed by atoms with Crippen LogP contribution in [0.2, 0.25) is 0 Å². The molecule has 180 valence electrons. The molecule has 6 aromatic rings. The lowest BCUT2D eigenvalue weighted by atomic mass is 9.98. The van der Waals surface area contributed by atoms with Crippen LogP contribution in [-0.4, -0.2) is 37.3 Å². The molecule has 7 heteroatoms. The molecule has 0 aliphatic rings. The monoisotopic (exact) mass is 480 g/mol. The summed E-state index contributed by atoms with van der Waals surface area (Å²) in [5.41, 5.74) is 3.79. The normalized spacial score (nSPS) is 11.6. The van der Waals surface area contributed by atoms with Crippen molar-refractivity contribution < 1.29 is 18.9 Å². The van der Waals surface area contributed by atoms with Gasteiger partial charge < -0.3 is 18.9 Å². The number of hydrogen-bond donors (Lipinski definition) is 0. The minimum absolute atomic E-state index is 0.186. The van der Waals surface area contributed by atoms with Gasteiger partial charge in [0.05, 0.1) is 49.9 Å². The molecular weight excluding hydrogens is 456 g/mol. The highest BCUT2D eigenvalue weighted by Gasteiger charge is 2.25. The Bertz CT molecular complexity index is 1840. The Kier molecular flexibility index (Phi) is 5.07. The lowest BCUT2D eigenvalue weighted by Crippen LogP contribution is -2.14. The molecule has 0 unspecified atom stereocenters. The second kappa shape index (κ2) is 8.30. The Morgan fingerprint density at radius 1 is 0.778 bits per heavy atom. The fraction of sp³-hybridized carbons (Fsp3) is 0.172. The van der Waals surface area contributed by atoms with Crippen LogP contribution in [0, 0.1) is 0 Å². The second-order valence-corrected chi connectivity index (χ2v) is 8.40. The summed E-state index contributed by atoms with van der Waals surface area (Å²) in [5, 5.41) is 3.02. The molecule has 0 N–H and O–H groups in total. The van der Waals surface area contributed by atoms with Gasteiger partial charge in [0.15, 0.2) is 23.0 Å². The van der Waals surface area contributed by atoms with Crippen LogP contribution in [0.25, 0.3) is 49.2 Å². The molecule has 0 bridgehead atoms. The van der Waals surface area contributed by atoms with Crippen molar-refractivity contribution in [2.24, 2.45) is 0 Å². The Hall–Kier alpha value is -4.52. The van der Waals surface area contributed by atoms with Crippen LogP contribution in [0.4, 0.5) is 0 Å². The number of pyridine rings is 2. The fourth-order valence-corrected chi connectivity index (χ4v) is 5.23. The van der Waals surface area contributed by atoms with Gasteiger partial charge in [-0.3, -0.25) is 14.2 Å². The third-order valence-electron chi connectivity index (χ3n) is 6.69. The van der Waals surface area contributed by atoms with Crippen LogP contribution in [0.3, 0.4) is 0 Å². The number of benzene rings is 3. The molecule has 0 aliphatic heterocycles. The fourth-order valence-electron chi connectivity index (χ4n) is 5.23. The average molecular weight is 481 g/mol. The largest absolute Gasteiger partial charge is 0.493 e. The van der Waals surface area contributed by atoms with Crippen LogP contribution >= 0.6 is 0 Å². The van der Waals surface area contributed by atoms with E-state index in [0.29, 0.717) is 45.9 Å². The van der Waals surface area contributed by atoms with Crippen molar-refractivity contribution in [1.82, 2.24) is 9.38 Å². The first-order valence-corrected chi connectivity index (χ1v) is 11.7. The van der Waals surface area contributed by atoms with Gasteiger partial charge in [-0.2, -0.15) is 0 Å². The first kappa shape index (κ1) is 22.0. The highest BCUT2D eigenvalue weighted by atomic mass is 16.5. The van der Waals surface area contributed by atoms with E-state index in [2.05, 4.69) is 0 Å². The SMILES string of the molecule is CCOc1c(OC)cccc1-c1cnc2c3ccc(OC)c(OC)c3c(=O)n3c4ccccc4c1c23. The highest BCUT2D eigenvalue weighted by Crippen LogP contribution is 2.45. The first-order valence-electron chi connectivity index (χ1n) is 11.7. The van der Waals surface area contributed by atoms with Gasteiger partial charge in [0.2, 0.25) is 0 Å². The predicted molar refractivity (Wildman–Crippen MR) is 141 cm³/mol. The van der Waals surface area contributed by atoms with Crippen molar-refractivity contribution in [2.75, 3.05) is 27.9 Å². The van der Waals surface area contributed by atoms with Crippen molar-refractivity contribution in [1.29, 1.82) is 0 Å². The predicted octanol–water partition coefficient (Wildman–Crippen LogP) is 5.68. The average Bonchev–Trinajstić information content (AvgIpc) is 3.27. The zero-order valence-corrected chi connectivity index (χ0v) is 20.4. The van der Waals surface area contributed by atoms with Crippen LogP contribution in [0.1, 0.15) is 6.92 Å². The summed E-state index contributed by atoms with van der Waals surface area (Å²) >= 11 is 0. The molecule has 0 amide bonds. The molecule has 0 fully saturated rings. The first-order chi connectivity index (χ1) is 17.6. The molecular formula is C29H24N2O5. The third kappa shape index (κ3) is 2.86. The molecule has 0 saturated heterocycles. The summed E-state index contributed by atoms with van der Waals surface area (Å²) in [6.45, 7) is 2.42. The van der Waals surface area contributed by atoms with Crippen molar-refractivity contribution in [2.45, 2.75) is 6.92 Å². The van der Waals surface area contributed by atoms with Crippen LogP contribution in [-0.2, 0) is 0 Å². The molecule has 7 nitrogen and oxygen atoms in total. The minimum atomic E-state index is -0.186. The van der Waals surface area contributed by atoms with Gasteiger partial charge in [0.25, 0.3) is 5.56 Å². The number of para-hydroxylation sites is 2. The number of rotatable bonds is 6. The molecule has 0 aliphatic carbocycles. The number of methoxy groups -OCH3 is 3. The molecule has 6 rings (SSSR count). The summed E-state index contributed by atoms with van der Waals surface area (Å²) in [4.78, 5) is 19.0. The van der Waals surface area contributed by atoms with Gasteiger partial charge in [-0.05, 0) is 31.2 Å². The molecule has 0 saturated carbocycles. The van der Waals surface area contributed by atoms with E-state index >= 15 is 0 Å². The van der Waals surface area contributed by atoms with E-state index in [1.54, 1.807) is 31.8 Å². The van der Waals surface area contributed by atoms with Crippen molar-refractivity contribution in [3.05, 3.63) is 71.1 Å². The standard InChI is InChI=1S/C29H24N2O5/c1-5-36-27-16(10-8-12-21(27)33-2)19-15-30-25-18-13-14-22(34-3)28(35-4)24(18)29(32)31-20-11-7-6-9-17(20)23(19)26(25)31/h6-15H,5H2,1-4H3. The molecule has 3 heterocycles.